The molecule has 0 aliphatic carbocycles. The highest BCUT2D eigenvalue weighted by Crippen LogP contribution is 2.35. The van der Waals surface area contributed by atoms with Crippen LogP contribution in [-0.2, 0) is 28.0 Å². The minimum Gasteiger partial charge on any atom is -0.376 e. The summed E-state index contributed by atoms with van der Waals surface area (Å²) in [6.45, 7) is 8.21. The van der Waals surface area contributed by atoms with Crippen LogP contribution in [0.4, 0.5) is 0 Å². The SMILES string of the molecule is CC(C)(C)c1cc2c(c(C3CCC(=O)N3)c1)COCC2. The number of benzene rings is 1. The molecule has 3 heteroatoms. The first kappa shape index (κ1) is 13.6. The predicted molar refractivity (Wildman–Crippen MR) is 78.6 cm³/mol. The lowest BCUT2D eigenvalue weighted by Gasteiger charge is -2.28. The normalized spacial score (nSPS) is 22.6. The van der Waals surface area contributed by atoms with Crippen LogP contribution in [0.5, 0.6) is 0 Å². The van der Waals surface area contributed by atoms with Crippen LogP contribution in [0.25, 0.3) is 0 Å². The lowest BCUT2D eigenvalue weighted by molar-refractivity contribution is -0.119. The molecule has 20 heavy (non-hydrogen) atoms. The Morgan fingerprint density at radius 1 is 1.25 bits per heavy atom. The number of ether oxygens (including phenoxy) is 1. The largest absolute Gasteiger partial charge is 0.376 e. The molecule has 1 unspecified atom stereocenters. The van der Waals surface area contributed by atoms with Crippen LogP contribution in [0.2, 0.25) is 0 Å². The summed E-state index contributed by atoms with van der Waals surface area (Å²) in [4.78, 5) is 11.5. The average Bonchev–Trinajstić information content (AvgIpc) is 2.83. The van der Waals surface area contributed by atoms with Gasteiger partial charge in [0.25, 0.3) is 0 Å². The maximum Gasteiger partial charge on any atom is 0.220 e. The minimum absolute atomic E-state index is 0.130. The first-order valence-corrected chi connectivity index (χ1v) is 7.48. The molecule has 108 valence electrons. The second-order valence-electron chi connectivity index (χ2n) is 6.91. The van der Waals surface area contributed by atoms with E-state index in [0.29, 0.717) is 13.0 Å². The number of amides is 1. The van der Waals surface area contributed by atoms with E-state index in [4.69, 9.17) is 4.74 Å². The first-order valence-electron chi connectivity index (χ1n) is 7.48. The highest BCUT2D eigenvalue weighted by molar-refractivity contribution is 5.79. The summed E-state index contributed by atoms with van der Waals surface area (Å²) < 4.78 is 5.64. The first-order chi connectivity index (χ1) is 9.45. The van der Waals surface area contributed by atoms with E-state index in [1.165, 1.54) is 22.3 Å². The van der Waals surface area contributed by atoms with Gasteiger partial charge in [0.05, 0.1) is 19.3 Å². The number of rotatable bonds is 1. The lowest BCUT2D eigenvalue weighted by atomic mass is 9.81. The molecule has 1 aromatic carbocycles. The molecular weight excluding hydrogens is 250 g/mol. The van der Waals surface area contributed by atoms with E-state index in [-0.39, 0.29) is 17.4 Å². The van der Waals surface area contributed by atoms with Crippen molar-refractivity contribution in [2.24, 2.45) is 0 Å². The molecule has 2 heterocycles. The van der Waals surface area contributed by atoms with Gasteiger partial charge in [-0.05, 0) is 40.5 Å². The van der Waals surface area contributed by atoms with Crippen molar-refractivity contribution in [1.82, 2.24) is 5.32 Å². The summed E-state index contributed by atoms with van der Waals surface area (Å²) in [6, 6.07) is 4.78. The average molecular weight is 273 g/mol. The van der Waals surface area contributed by atoms with E-state index >= 15 is 0 Å². The summed E-state index contributed by atoms with van der Waals surface area (Å²) in [7, 11) is 0. The lowest BCUT2D eigenvalue weighted by Crippen LogP contribution is -2.23. The summed E-state index contributed by atoms with van der Waals surface area (Å²) in [6.07, 6.45) is 2.52. The molecule has 0 bridgehead atoms. The van der Waals surface area contributed by atoms with E-state index in [1.54, 1.807) is 0 Å². The predicted octanol–water partition coefficient (Wildman–Crippen LogP) is 3.01. The molecule has 1 aromatic rings. The third-order valence-corrected chi connectivity index (χ3v) is 4.38. The highest BCUT2D eigenvalue weighted by atomic mass is 16.5. The van der Waals surface area contributed by atoms with Crippen LogP contribution in [0, 0.1) is 0 Å². The van der Waals surface area contributed by atoms with Gasteiger partial charge in [0.1, 0.15) is 0 Å². The van der Waals surface area contributed by atoms with Gasteiger partial charge in [0.2, 0.25) is 5.91 Å². The molecule has 3 nitrogen and oxygen atoms in total. The van der Waals surface area contributed by atoms with Crippen LogP contribution in [0.1, 0.15) is 61.9 Å². The zero-order valence-corrected chi connectivity index (χ0v) is 12.6. The maximum atomic E-state index is 11.5. The molecule has 0 saturated carbocycles. The number of nitrogens with one attached hydrogen (secondary N) is 1. The Balaban J connectivity index is 2.08. The zero-order valence-electron chi connectivity index (χ0n) is 12.6. The molecule has 1 saturated heterocycles. The van der Waals surface area contributed by atoms with Crippen molar-refractivity contribution in [2.75, 3.05) is 6.61 Å². The summed E-state index contributed by atoms with van der Waals surface area (Å²) in [5.41, 5.74) is 5.47. The van der Waals surface area contributed by atoms with Gasteiger partial charge in [0.15, 0.2) is 0 Å². The van der Waals surface area contributed by atoms with Gasteiger partial charge in [0, 0.05) is 6.42 Å². The summed E-state index contributed by atoms with van der Waals surface area (Å²) in [5, 5.41) is 3.10. The monoisotopic (exact) mass is 273 g/mol. The number of hydrogen-bond donors (Lipinski definition) is 1. The Morgan fingerprint density at radius 3 is 2.70 bits per heavy atom. The van der Waals surface area contributed by atoms with Gasteiger partial charge in [-0.15, -0.1) is 0 Å². The van der Waals surface area contributed by atoms with E-state index < -0.39 is 0 Å². The smallest absolute Gasteiger partial charge is 0.220 e. The van der Waals surface area contributed by atoms with Crippen molar-refractivity contribution in [1.29, 1.82) is 0 Å². The van der Waals surface area contributed by atoms with Crippen LogP contribution in [-0.4, -0.2) is 12.5 Å². The van der Waals surface area contributed by atoms with Crippen molar-refractivity contribution in [3.63, 3.8) is 0 Å². The second kappa shape index (κ2) is 4.88. The molecule has 1 amide bonds. The fourth-order valence-electron chi connectivity index (χ4n) is 3.10. The molecule has 0 spiro atoms. The van der Waals surface area contributed by atoms with Crippen molar-refractivity contribution >= 4 is 5.91 Å². The Hall–Kier alpha value is -1.35. The Labute approximate surface area is 120 Å². The number of carbonyl (C=O) groups is 1. The van der Waals surface area contributed by atoms with Gasteiger partial charge in [-0.2, -0.15) is 0 Å². The van der Waals surface area contributed by atoms with Crippen LogP contribution in [0.3, 0.4) is 0 Å². The molecule has 1 fully saturated rings. The van der Waals surface area contributed by atoms with Gasteiger partial charge < -0.3 is 10.1 Å². The van der Waals surface area contributed by atoms with E-state index in [1.807, 2.05) is 0 Å². The third-order valence-electron chi connectivity index (χ3n) is 4.38. The topological polar surface area (TPSA) is 38.3 Å². The van der Waals surface area contributed by atoms with Crippen LogP contribution >= 0.6 is 0 Å². The molecule has 1 atom stereocenters. The number of fused-ring (bicyclic) bond motifs is 1. The second-order valence-corrected chi connectivity index (χ2v) is 6.91. The molecule has 0 radical (unpaired) electrons. The van der Waals surface area contributed by atoms with E-state index in [9.17, 15) is 4.79 Å². The zero-order chi connectivity index (χ0) is 14.3. The summed E-state index contributed by atoms with van der Waals surface area (Å²) >= 11 is 0. The van der Waals surface area contributed by atoms with E-state index in [0.717, 1.165) is 19.4 Å². The van der Waals surface area contributed by atoms with Gasteiger partial charge in [-0.25, -0.2) is 0 Å². The van der Waals surface area contributed by atoms with Crippen LogP contribution in [0.15, 0.2) is 12.1 Å². The quantitative estimate of drug-likeness (QED) is 0.854. The number of carbonyl (C=O) groups excluding carboxylic acids is 1. The van der Waals surface area contributed by atoms with Crippen LogP contribution < -0.4 is 5.32 Å². The van der Waals surface area contributed by atoms with Gasteiger partial charge >= 0.3 is 0 Å². The minimum atomic E-state index is 0.130. The molecule has 2 aliphatic heterocycles. The third kappa shape index (κ3) is 2.47. The number of hydrogen-bond acceptors (Lipinski definition) is 2. The van der Waals surface area contributed by atoms with E-state index in [2.05, 4.69) is 38.2 Å². The summed E-state index contributed by atoms with van der Waals surface area (Å²) in [5.74, 6) is 0.168. The fourth-order valence-corrected chi connectivity index (χ4v) is 3.10. The fraction of sp³-hybridized carbons (Fsp3) is 0.588. The van der Waals surface area contributed by atoms with Gasteiger partial charge in [-0.3, -0.25) is 4.79 Å². The molecular formula is C17H23NO2. The maximum absolute atomic E-state index is 11.5. The molecule has 2 aliphatic rings. The van der Waals surface area contributed by atoms with Gasteiger partial charge in [-0.1, -0.05) is 32.9 Å². The molecule has 1 N–H and O–H groups in total. The van der Waals surface area contributed by atoms with Crippen molar-refractivity contribution in [3.05, 3.63) is 34.4 Å². The Kier molecular flexibility index (Phi) is 3.33. The Bertz CT molecular complexity index is 543. The van der Waals surface area contributed by atoms with Crippen molar-refractivity contribution < 1.29 is 9.53 Å². The van der Waals surface area contributed by atoms with Crippen molar-refractivity contribution in [2.45, 2.75) is 58.1 Å². The standard InChI is InChI=1S/C17H23NO2/c1-17(2,3)12-8-11-6-7-20-10-14(11)13(9-12)15-4-5-16(19)18-15/h8-9,15H,4-7,10H2,1-3H3,(H,18,19). The molecule has 0 aromatic heterocycles. The van der Waals surface area contributed by atoms with Crippen molar-refractivity contribution in [3.8, 4) is 0 Å². The molecule has 3 rings (SSSR count). The Morgan fingerprint density at radius 2 is 2.05 bits per heavy atom. The highest BCUT2D eigenvalue weighted by Gasteiger charge is 2.28.